The lowest BCUT2D eigenvalue weighted by atomic mass is 10.0. The second kappa shape index (κ2) is 9.61. The number of carbonyl (C=O) groups is 3. The first-order valence-corrected chi connectivity index (χ1v) is 9.85. The van der Waals surface area contributed by atoms with Gasteiger partial charge in [-0.3, -0.25) is 9.59 Å². The van der Waals surface area contributed by atoms with Gasteiger partial charge >= 0.3 is 0 Å². The van der Waals surface area contributed by atoms with Crippen molar-refractivity contribution in [2.45, 2.75) is 45.2 Å². The quantitative estimate of drug-likeness (QED) is 0.721. The molecule has 0 aliphatic carbocycles. The summed E-state index contributed by atoms with van der Waals surface area (Å²) < 4.78 is 0. The Balaban J connectivity index is 1.86. The van der Waals surface area contributed by atoms with Crippen molar-refractivity contribution in [3.8, 4) is 0 Å². The molecule has 25 heavy (non-hydrogen) atoms. The van der Waals surface area contributed by atoms with E-state index in [-0.39, 0.29) is 23.8 Å². The Hall–Kier alpha value is -1.82. The number of hydrogen-bond donors (Lipinski definition) is 1. The molecule has 0 radical (unpaired) electrons. The van der Waals surface area contributed by atoms with E-state index < -0.39 is 6.04 Å². The Bertz CT molecular complexity index is 592. The molecule has 6 heteroatoms. The summed E-state index contributed by atoms with van der Waals surface area (Å²) >= 11 is 1.56. The van der Waals surface area contributed by atoms with Crippen molar-refractivity contribution in [1.29, 1.82) is 0 Å². The zero-order valence-corrected chi connectivity index (χ0v) is 15.6. The van der Waals surface area contributed by atoms with E-state index in [0.717, 1.165) is 19.1 Å². The van der Waals surface area contributed by atoms with Gasteiger partial charge < -0.3 is 15.0 Å². The highest BCUT2D eigenvalue weighted by Gasteiger charge is 2.35. The molecule has 0 saturated carbocycles. The molecule has 1 aliphatic rings. The summed E-state index contributed by atoms with van der Waals surface area (Å²) in [6.45, 7) is 3.82. The predicted octanol–water partition coefficient (Wildman–Crippen LogP) is 2.25. The fourth-order valence-electron chi connectivity index (χ4n) is 2.83. The molecule has 1 aromatic rings. The van der Waals surface area contributed by atoms with Crippen LogP contribution >= 0.6 is 11.8 Å². The molecular formula is C19H26N2O3S. The third kappa shape index (κ3) is 5.59. The van der Waals surface area contributed by atoms with Gasteiger partial charge in [-0.1, -0.05) is 44.2 Å². The van der Waals surface area contributed by atoms with Gasteiger partial charge in [-0.2, -0.15) is 0 Å². The van der Waals surface area contributed by atoms with Crippen molar-refractivity contribution >= 4 is 29.9 Å². The Morgan fingerprint density at radius 2 is 2.04 bits per heavy atom. The summed E-state index contributed by atoms with van der Waals surface area (Å²) in [5.74, 6) is 0.843. The standard InChI is InChI=1S/C19H26N2O3S/c1-14(2)18(19(24)21-13-25-12-16(21)11-22)20-17(23)10-6-9-15-7-4-3-5-8-15/h3-5,7-8,11,14,16,18H,6,9-10,12-13H2,1-2H3,(H,20,23)/t16-,18?/m1/s1. The van der Waals surface area contributed by atoms with Gasteiger partial charge in [0, 0.05) is 12.2 Å². The highest BCUT2D eigenvalue weighted by Crippen LogP contribution is 2.22. The van der Waals surface area contributed by atoms with E-state index in [1.807, 2.05) is 44.2 Å². The maximum absolute atomic E-state index is 12.7. The zero-order valence-electron chi connectivity index (χ0n) is 14.8. The van der Waals surface area contributed by atoms with Crippen molar-refractivity contribution in [3.05, 3.63) is 35.9 Å². The van der Waals surface area contributed by atoms with Crippen LogP contribution in [0.25, 0.3) is 0 Å². The number of amides is 2. The summed E-state index contributed by atoms with van der Waals surface area (Å²) in [5.41, 5.74) is 1.20. The van der Waals surface area contributed by atoms with Crippen molar-refractivity contribution in [2.24, 2.45) is 5.92 Å². The lowest BCUT2D eigenvalue weighted by Gasteiger charge is -2.28. The topological polar surface area (TPSA) is 66.5 Å². The number of thioether (sulfide) groups is 1. The average molecular weight is 362 g/mol. The Kier molecular flexibility index (Phi) is 7.50. The number of aldehydes is 1. The van der Waals surface area contributed by atoms with E-state index in [9.17, 15) is 14.4 Å². The largest absolute Gasteiger partial charge is 0.344 e. The fraction of sp³-hybridized carbons (Fsp3) is 0.526. The van der Waals surface area contributed by atoms with Crippen LogP contribution in [0.5, 0.6) is 0 Å². The average Bonchev–Trinajstić information content (AvgIpc) is 3.08. The Morgan fingerprint density at radius 1 is 1.32 bits per heavy atom. The van der Waals surface area contributed by atoms with E-state index in [1.165, 1.54) is 5.56 Å². The van der Waals surface area contributed by atoms with Gasteiger partial charge in [-0.05, 0) is 24.3 Å². The summed E-state index contributed by atoms with van der Waals surface area (Å²) in [7, 11) is 0. The number of benzene rings is 1. The molecule has 1 N–H and O–H groups in total. The first kappa shape index (κ1) is 19.5. The molecule has 1 aromatic carbocycles. The predicted molar refractivity (Wildman–Crippen MR) is 100 cm³/mol. The molecule has 0 spiro atoms. The summed E-state index contributed by atoms with van der Waals surface area (Å²) in [6.07, 6.45) is 2.78. The van der Waals surface area contributed by atoms with Crippen molar-refractivity contribution < 1.29 is 14.4 Å². The third-order valence-corrected chi connectivity index (χ3v) is 5.36. The van der Waals surface area contributed by atoms with Gasteiger partial charge in [0.1, 0.15) is 12.3 Å². The molecule has 1 heterocycles. The molecule has 1 fully saturated rings. The zero-order chi connectivity index (χ0) is 18.2. The number of nitrogens with zero attached hydrogens (tertiary/aromatic N) is 1. The SMILES string of the molecule is CC(C)C(NC(=O)CCCc1ccccc1)C(=O)N1CSC[C@H]1C=O. The van der Waals surface area contributed by atoms with Crippen LogP contribution in [0.2, 0.25) is 0 Å². The highest BCUT2D eigenvalue weighted by molar-refractivity contribution is 7.99. The maximum atomic E-state index is 12.7. The van der Waals surface area contributed by atoms with Crippen LogP contribution in [0.3, 0.4) is 0 Å². The van der Waals surface area contributed by atoms with Crippen LogP contribution in [0.1, 0.15) is 32.3 Å². The molecule has 0 bridgehead atoms. The van der Waals surface area contributed by atoms with E-state index in [0.29, 0.717) is 18.1 Å². The van der Waals surface area contributed by atoms with Crippen LogP contribution in [0.4, 0.5) is 0 Å². The minimum atomic E-state index is -0.578. The van der Waals surface area contributed by atoms with E-state index in [1.54, 1.807) is 16.7 Å². The second-order valence-corrected chi connectivity index (χ2v) is 7.64. The van der Waals surface area contributed by atoms with Gasteiger partial charge in [0.05, 0.1) is 11.9 Å². The third-order valence-electron chi connectivity index (χ3n) is 4.32. The minimum Gasteiger partial charge on any atom is -0.344 e. The normalized spacial score (nSPS) is 18.2. The second-order valence-electron chi connectivity index (χ2n) is 6.64. The van der Waals surface area contributed by atoms with Crippen molar-refractivity contribution in [2.75, 3.05) is 11.6 Å². The number of nitrogens with one attached hydrogen (secondary N) is 1. The minimum absolute atomic E-state index is 0.0246. The monoisotopic (exact) mass is 362 g/mol. The number of rotatable bonds is 8. The molecule has 1 aliphatic heterocycles. The first-order chi connectivity index (χ1) is 12.0. The van der Waals surface area contributed by atoms with Gasteiger partial charge in [-0.15, -0.1) is 11.8 Å². The molecule has 0 aromatic heterocycles. The van der Waals surface area contributed by atoms with Crippen LogP contribution in [0, 0.1) is 5.92 Å². The molecule has 5 nitrogen and oxygen atoms in total. The van der Waals surface area contributed by atoms with Gasteiger partial charge in [-0.25, -0.2) is 0 Å². The van der Waals surface area contributed by atoms with Crippen molar-refractivity contribution in [3.63, 3.8) is 0 Å². The Labute approximate surface area is 153 Å². The fourth-order valence-corrected chi connectivity index (χ4v) is 3.95. The van der Waals surface area contributed by atoms with E-state index >= 15 is 0 Å². The van der Waals surface area contributed by atoms with Crippen LogP contribution in [-0.4, -0.2) is 46.7 Å². The van der Waals surface area contributed by atoms with Gasteiger partial charge in [0.15, 0.2) is 0 Å². The van der Waals surface area contributed by atoms with Crippen molar-refractivity contribution in [1.82, 2.24) is 10.2 Å². The molecule has 2 atom stereocenters. The lowest BCUT2D eigenvalue weighted by Crippen LogP contribution is -2.53. The summed E-state index contributed by atoms with van der Waals surface area (Å²) in [6, 6.07) is 9.07. The molecule has 136 valence electrons. The van der Waals surface area contributed by atoms with E-state index in [4.69, 9.17) is 0 Å². The maximum Gasteiger partial charge on any atom is 0.246 e. The Morgan fingerprint density at radius 3 is 2.68 bits per heavy atom. The smallest absolute Gasteiger partial charge is 0.246 e. The van der Waals surface area contributed by atoms with E-state index in [2.05, 4.69) is 5.32 Å². The highest BCUT2D eigenvalue weighted by atomic mass is 32.2. The lowest BCUT2D eigenvalue weighted by molar-refractivity contribution is -0.139. The molecular weight excluding hydrogens is 336 g/mol. The molecule has 1 unspecified atom stereocenters. The summed E-state index contributed by atoms with van der Waals surface area (Å²) in [4.78, 5) is 37.7. The van der Waals surface area contributed by atoms with Crippen LogP contribution in [-0.2, 0) is 20.8 Å². The van der Waals surface area contributed by atoms with Crippen LogP contribution < -0.4 is 5.32 Å². The first-order valence-electron chi connectivity index (χ1n) is 8.69. The molecule has 2 rings (SSSR count). The number of hydrogen-bond acceptors (Lipinski definition) is 4. The number of carbonyl (C=O) groups excluding carboxylic acids is 3. The van der Waals surface area contributed by atoms with Gasteiger partial charge in [0.2, 0.25) is 11.8 Å². The van der Waals surface area contributed by atoms with Gasteiger partial charge in [0.25, 0.3) is 0 Å². The molecule has 2 amide bonds. The summed E-state index contributed by atoms with van der Waals surface area (Å²) in [5, 5.41) is 2.87. The number of aryl methyl sites for hydroxylation is 1. The van der Waals surface area contributed by atoms with Crippen LogP contribution in [0.15, 0.2) is 30.3 Å². The molecule has 1 saturated heterocycles.